The summed E-state index contributed by atoms with van der Waals surface area (Å²) in [6, 6.07) is 0. The van der Waals surface area contributed by atoms with Crippen molar-refractivity contribution in [1.82, 2.24) is 4.98 Å². The summed E-state index contributed by atoms with van der Waals surface area (Å²) in [7, 11) is 0. The number of nitrogens with zero attached hydrogens (tertiary/aromatic N) is 1. The number of thiazole rings is 1. The molecule has 1 aromatic rings. The molecule has 4 heteroatoms. The lowest BCUT2D eigenvalue weighted by Gasteiger charge is -2.19. The van der Waals surface area contributed by atoms with Crippen molar-refractivity contribution >= 4 is 17.3 Å². The van der Waals surface area contributed by atoms with Crippen molar-refractivity contribution in [2.45, 2.75) is 58.3 Å². The molecule has 1 aliphatic rings. The van der Waals surface area contributed by atoms with Gasteiger partial charge in [0.2, 0.25) is 0 Å². The van der Waals surface area contributed by atoms with Crippen LogP contribution in [0.2, 0.25) is 0 Å². The van der Waals surface area contributed by atoms with Gasteiger partial charge in [-0.15, -0.1) is 11.3 Å². The Morgan fingerprint density at radius 1 is 1.56 bits per heavy atom. The summed E-state index contributed by atoms with van der Waals surface area (Å²) in [4.78, 5) is 18.0. The molecule has 0 radical (unpaired) electrons. The summed E-state index contributed by atoms with van der Waals surface area (Å²) >= 11 is 1.79. The standard InChI is InChI=1S/C14H21NO2S/c1-4-9(3)13-15-12-10(14(16)17-5-2)7-6-8-11(12)18-13/h9-10H,4-8H2,1-3H3. The van der Waals surface area contributed by atoms with E-state index in [2.05, 4.69) is 13.8 Å². The van der Waals surface area contributed by atoms with Crippen LogP contribution in [0.3, 0.4) is 0 Å². The van der Waals surface area contributed by atoms with Crippen LogP contribution in [0.25, 0.3) is 0 Å². The predicted molar refractivity (Wildman–Crippen MR) is 73.1 cm³/mol. The van der Waals surface area contributed by atoms with E-state index in [1.54, 1.807) is 11.3 Å². The fourth-order valence-electron chi connectivity index (χ4n) is 2.29. The van der Waals surface area contributed by atoms with Gasteiger partial charge in [0.25, 0.3) is 0 Å². The second kappa shape index (κ2) is 5.83. The molecule has 3 nitrogen and oxygen atoms in total. The number of hydrogen-bond acceptors (Lipinski definition) is 4. The normalized spacial score (nSPS) is 20.3. The zero-order chi connectivity index (χ0) is 13.1. The Hall–Kier alpha value is -0.900. The molecule has 0 saturated heterocycles. The average molecular weight is 267 g/mol. The van der Waals surface area contributed by atoms with E-state index in [9.17, 15) is 4.79 Å². The Morgan fingerprint density at radius 3 is 3.00 bits per heavy atom. The molecule has 0 aromatic carbocycles. The maximum atomic E-state index is 12.0. The van der Waals surface area contributed by atoms with Gasteiger partial charge in [-0.25, -0.2) is 4.98 Å². The van der Waals surface area contributed by atoms with E-state index < -0.39 is 0 Å². The van der Waals surface area contributed by atoms with Crippen molar-refractivity contribution in [3.63, 3.8) is 0 Å². The third kappa shape index (κ3) is 2.58. The quantitative estimate of drug-likeness (QED) is 0.782. The highest BCUT2D eigenvalue weighted by Crippen LogP contribution is 2.38. The first-order valence-electron chi connectivity index (χ1n) is 6.83. The molecular formula is C14H21NO2S. The molecule has 2 atom stereocenters. The zero-order valence-electron chi connectivity index (χ0n) is 11.4. The molecular weight excluding hydrogens is 246 g/mol. The number of aromatic nitrogens is 1. The number of hydrogen-bond donors (Lipinski definition) is 0. The van der Waals surface area contributed by atoms with E-state index >= 15 is 0 Å². The highest BCUT2D eigenvalue weighted by Gasteiger charge is 2.31. The fraction of sp³-hybridized carbons (Fsp3) is 0.714. The molecule has 2 rings (SSSR count). The van der Waals surface area contributed by atoms with Crippen LogP contribution in [-0.4, -0.2) is 17.6 Å². The lowest BCUT2D eigenvalue weighted by atomic mass is 9.91. The topological polar surface area (TPSA) is 39.2 Å². The molecule has 0 aliphatic heterocycles. The lowest BCUT2D eigenvalue weighted by Crippen LogP contribution is -2.20. The minimum Gasteiger partial charge on any atom is -0.465 e. The Kier molecular flexibility index (Phi) is 4.38. The minimum atomic E-state index is -0.122. The second-order valence-electron chi connectivity index (χ2n) is 4.87. The predicted octanol–water partition coefficient (Wildman–Crippen LogP) is 3.64. The Balaban J connectivity index is 2.25. The molecule has 0 spiro atoms. The summed E-state index contributed by atoms with van der Waals surface area (Å²) in [5.74, 6) is 0.269. The summed E-state index contributed by atoms with van der Waals surface area (Å²) in [5.41, 5.74) is 1.00. The van der Waals surface area contributed by atoms with E-state index in [0.29, 0.717) is 12.5 Å². The smallest absolute Gasteiger partial charge is 0.315 e. The molecule has 1 aromatic heterocycles. The van der Waals surface area contributed by atoms with Gasteiger partial charge in [-0.3, -0.25) is 4.79 Å². The number of carbonyl (C=O) groups excluding carboxylic acids is 1. The fourth-order valence-corrected chi connectivity index (χ4v) is 3.60. The van der Waals surface area contributed by atoms with Crippen LogP contribution < -0.4 is 0 Å². The van der Waals surface area contributed by atoms with Gasteiger partial charge in [0.15, 0.2) is 0 Å². The molecule has 1 heterocycles. The summed E-state index contributed by atoms with van der Waals surface area (Å²) in [6.45, 7) is 6.68. The number of carbonyl (C=O) groups is 1. The first-order chi connectivity index (χ1) is 8.67. The summed E-state index contributed by atoms with van der Waals surface area (Å²) in [6.07, 6.45) is 4.12. The van der Waals surface area contributed by atoms with E-state index in [-0.39, 0.29) is 11.9 Å². The third-order valence-corrected chi connectivity index (χ3v) is 4.94. The van der Waals surface area contributed by atoms with Crippen LogP contribution in [0.1, 0.15) is 67.4 Å². The highest BCUT2D eigenvalue weighted by molar-refractivity contribution is 7.11. The second-order valence-corrected chi connectivity index (χ2v) is 5.98. The van der Waals surface area contributed by atoms with Crippen molar-refractivity contribution in [3.05, 3.63) is 15.6 Å². The Labute approximate surface area is 113 Å². The Bertz CT molecular complexity index is 427. The van der Waals surface area contributed by atoms with Crippen molar-refractivity contribution in [2.75, 3.05) is 6.61 Å². The number of ether oxygens (including phenoxy) is 1. The van der Waals surface area contributed by atoms with Crippen molar-refractivity contribution in [1.29, 1.82) is 0 Å². The largest absolute Gasteiger partial charge is 0.465 e. The molecule has 0 bridgehead atoms. The summed E-state index contributed by atoms with van der Waals surface area (Å²) in [5, 5.41) is 1.18. The third-order valence-electron chi connectivity index (χ3n) is 3.58. The summed E-state index contributed by atoms with van der Waals surface area (Å²) < 4.78 is 5.16. The van der Waals surface area contributed by atoms with Gasteiger partial charge < -0.3 is 4.74 Å². The van der Waals surface area contributed by atoms with Gasteiger partial charge in [-0.05, 0) is 32.6 Å². The van der Waals surface area contributed by atoms with Gasteiger partial charge in [0.1, 0.15) is 5.92 Å². The van der Waals surface area contributed by atoms with Crippen LogP contribution in [0.15, 0.2) is 0 Å². The average Bonchev–Trinajstić information content (AvgIpc) is 2.81. The van der Waals surface area contributed by atoms with E-state index in [4.69, 9.17) is 9.72 Å². The number of rotatable bonds is 4. The first-order valence-corrected chi connectivity index (χ1v) is 7.65. The SMILES string of the molecule is CCOC(=O)C1CCCc2sc(C(C)CC)nc21. The van der Waals surface area contributed by atoms with Crippen molar-refractivity contribution in [2.24, 2.45) is 0 Å². The van der Waals surface area contributed by atoms with Crippen molar-refractivity contribution in [3.8, 4) is 0 Å². The monoisotopic (exact) mass is 267 g/mol. The molecule has 18 heavy (non-hydrogen) atoms. The number of fused-ring (bicyclic) bond motifs is 1. The van der Waals surface area contributed by atoms with E-state index in [1.807, 2.05) is 6.92 Å². The molecule has 100 valence electrons. The first kappa shape index (κ1) is 13.5. The van der Waals surface area contributed by atoms with Crippen LogP contribution in [0.5, 0.6) is 0 Å². The van der Waals surface area contributed by atoms with Gasteiger partial charge in [0.05, 0.1) is 17.3 Å². The number of esters is 1. The van der Waals surface area contributed by atoms with Gasteiger partial charge in [-0.2, -0.15) is 0 Å². The van der Waals surface area contributed by atoms with Crippen molar-refractivity contribution < 1.29 is 9.53 Å². The van der Waals surface area contributed by atoms with Crippen LogP contribution in [-0.2, 0) is 16.0 Å². The molecule has 1 aliphatic carbocycles. The molecule has 2 unspecified atom stereocenters. The highest BCUT2D eigenvalue weighted by atomic mass is 32.1. The van der Waals surface area contributed by atoms with E-state index in [1.165, 1.54) is 9.88 Å². The van der Waals surface area contributed by atoms with Crippen LogP contribution in [0, 0.1) is 0 Å². The molecule has 0 N–H and O–H groups in total. The van der Waals surface area contributed by atoms with E-state index in [0.717, 1.165) is 31.4 Å². The number of aryl methyl sites for hydroxylation is 1. The zero-order valence-corrected chi connectivity index (χ0v) is 12.2. The maximum Gasteiger partial charge on any atom is 0.315 e. The van der Waals surface area contributed by atoms with Gasteiger partial charge in [-0.1, -0.05) is 13.8 Å². The van der Waals surface area contributed by atoms with Gasteiger partial charge in [0, 0.05) is 10.8 Å². The Morgan fingerprint density at radius 2 is 2.33 bits per heavy atom. The minimum absolute atomic E-state index is 0.0977. The molecule has 0 amide bonds. The molecule has 0 fully saturated rings. The van der Waals surface area contributed by atoms with Gasteiger partial charge >= 0.3 is 5.97 Å². The van der Waals surface area contributed by atoms with Crippen LogP contribution in [0.4, 0.5) is 0 Å². The molecule has 0 saturated carbocycles. The van der Waals surface area contributed by atoms with Crippen LogP contribution >= 0.6 is 11.3 Å². The maximum absolute atomic E-state index is 12.0. The lowest BCUT2D eigenvalue weighted by molar-refractivity contribution is -0.145.